The van der Waals surface area contributed by atoms with Crippen molar-refractivity contribution >= 4 is 0 Å². The number of benzene rings is 1. The van der Waals surface area contributed by atoms with E-state index in [1.807, 2.05) is 19.1 Å². The third kappa shape index (κ3) is 3.67. The first kappa shape index (κ1) is 16.1. The third-order valence-electron chi connectivity index (χ3n) is 4.27. The minimum Gasteiger partial charge on any atom is -0.504 e. The highest BCUT2D eigenvalue weighted by molar-refractivity contribution is 5.46. The molecule has 1 aromatic rings. The second kappa shape index (κ2) is 7.11. The van der Waals surface area contributed by atoms with Crippen molar-refractivity contribution < 1.29 is 9.84 Å². The number of nitrogens with two attached hydrogens (primary N) is 1. The van der Waals surface area contributed by atoms with Gasteiger partial charge in [-0.3, -0.25) is 4.90 Å². The number of ether oxygens (including phenoxy) is 1. The van der Waals surface area contributed by atoms with Crippen LogP contribution in [-0.4, -0.2) is 54.9 Å². The van der Waals surface area contributed by atoms with Crippen LogP contribution in [0.15, 0.2) is 18.2 Å². The van der Waals surface area contributed by atoms with Gasteiger partial charge in [-0.25, -0.2) is 0 Å². The summed E-state index contributed by atoms with van der Waals surface area (Å²) >= 11 is 0. The van der Waals surface area contributed by atoms with Crippen LogP contribution in [0.4, 0.5) is 0 Å². The van der Waals surface area contributed by atoms with Gasteiger partial charge in [0.1, 0.15) is 0 Å². The van der Waals surface area contributed by atoms with E-state index in [0.29, 0.717) is 18.9 Å². The highest BCUT2D eigenvalue weighted by atomic mass is 16.5. The monoisotopic (exact) mass is 293 g/mol. The summed E-state index contributed by atoms with van der Waals surface area (Å²) in [6, 6.07) is 5.68. The van der Waals surface area contributed by atoms with Crippen LogP contribution in [0.3, 0.4) is 0 Å². The van der Waals surface area contributed by atoms with Crippen molar-refractivity contribution in [1.82, 2.24) is 10.2 Å². The maximum Gasteiger partial charge on any atom is 0.161 e. The number of piperazine rings is 1. The molecule has 1 aliphatic heterocycles. The molecule has 118 valence electrons. The van der Waals surface area contributed by atoms with Crippen LogP contribution in [0.1, 0.15) is 19.4 Å². The average Bonchev–Trinajstić information content (AvgIpc) is 2.52. The highest BCUT2D eigenvalue weighted by Crippen LogP contribution is 2.33. The smallest absolute Gasteiger partial charge is 0.161 e. The third-order valence-corrected chi connectivity index (χ3v) is 4.27. The van der Waals surface area contributed by atoms with E-state index in [0.717, 1.165) is 38.2 Å². The molecule has 21 heavy (non-hydrogen) atoms. The van der Waals surface area contributed by atoms with E-state index >= 15 is 0 Å². The lowest BCUT2D eigenvalue weighted by Crippen LogP contribution is -2.59. The first-order valence-corrected chi connectivity index (χ1v) is 7.70. The molecule has 0 saturated carbocycles. The summed E-state index contributed by atoms with van der Waals surface area (Å²) in [6.45, 7) is 9.14. The standard InChI is InChI=1S/C16H27N3O2/c1-3-21-14-6-4-5-13(15(14)20)11-16(2,12-17)19-9-7-18-8-10-19/h4-6,18,20H,3,7-12,17H2,1-2H3. The zero-order valence-electron chi connectivity index (χ0n) is 13.1. The normalized spacial score (nSPS) is 19.2. The van der Waals surface area contributed by atoms with Crippen LogP contribution in [0.25, 0.3) is 0 Å². The first-order chi connectivity index (χ1) is 10.1. The van der Waals surface area contributed by atoms with Crippen molar-refractivity contribution in [1.29, 1.82) is 0 Å². The Balaban J connectivity index is 2.19. The highest BCUT2D eigenvalue weighted by Gasteiger charge is 2.32. The molecule has 1 saturated heterocycles. The van der Waals surface area contributed by atoms with Gasteiger partial charge in [-0.2, -0.15) is 0 Å². The second-order valence-electron chi connectivity index (χ2n) is 5.81. The summed E-state index contributed by atoms with van der Waals surface area (Å²) < 4.78 is 5.47. The van der Waals surface area contributed by atoms with Gasteiger partial charge in [0.05, 0.1) is 6.61 Å². The Bertz CT molecular complexity index is 461. The topological polar surface area (TPSA) is 70.8 Å². The molecule has 1 aromatic carbocycles. The lowest BCUT2D eigenvalue weighted by molar-refractivity contribution is 0.0939. The molecule has 4 N–H and O–H groups in total. The molecule has 1 aliphatic rings. The number of phenolic OH excluding ortho intramolecular Hbond substituents is 1. The minimum atomic E-state index is -0.148. The molecule has 5 heteroatoms. The van der Waals surface area contributed by atoms with Gasteiger partial charge in [0.15, 0.2) is 11.5 Å². The molecule has 0 aromatic heterocycles. The predicted octanol–water partition coefficient (Wildman–Crippen LogP) is 0.956. The number of hydrogen-bond donors (Lipinski definition) is 3. The summed E-state index contributed by atoms with van der Waals surface area (Å²) in [4.78, 5) is 2.41. The Morgan fingerprint density at radius 2 is 2.10 bits per heavy atom. The molecular weight excluding hydrogens is 266 g/mol. The van der Waals surface area contributed by atoms with Gasteiger partial charge in [0.2, 0.25) is 0 Å². The Labute approximate surface area is 127 Å². The Morgan fingerprint density at radius 1 is 1.38 bits per heavy atom. The van der Waals surface area contributed by atoms with Gasteiger partial charge >= 0.3 is 0 Å². The van der Waals surface area contributed by atoms with Crippen LogP contribution >= 0.6 is 0 Å². The molecule has 1 fully saturated rings. The van der Waals surface area contributed by atoms with Crippen molar-refractivity contribution in [2.24, 2.45) is 5.73 Å². The molecule has 0 radical (unpaired) electrons. The Morgan fingerprint density at radius 3 is 2.71 bits per heavy atom. The van der Waals surface area contributed by atoms with Crippen molar-refractivity contribution in [3.05, 3.63) is 23.8 Å². The van der Waals surface area contributed by atoms with Gasteiger partial charge in [-0.05, 0) is 31.9 Å². The molecule has 0 bridgehead atoms. The molecule has 1 unspecified atom stereocenters. The fraction of sp³-hybridized carbons (Fsp3) is 0.625. The van der Waals surface area contributed by atoms with Gasteiger partial charge in [-0.15, -0.1) is 0 Å². The fourth-order valence-electron chi connectivity index (χ4n) is 2.91. The molecule has 1 atom stereocenters. The number of nitrogens with zero attached hydrogens (tertiary/aromatic N) is 1. The lowest BCUT2D eigenvalue weighted by atomic mass is 9.89. The maximum atomic E-state index is 10.4. The number of hydrogen-bond acceptors (Lipinski definition) is 5. The van der Waals surface area contributed by atoms with E-state index in [1.54, 1.807) is 6.07 Å². The van der Waals surface area contributed by atoms with Crippen molar-refractivity contribution in [2.75, 3.05) is 39.3 Å². The first-order valence-electron chi connectivity index (χ1n) is 7.70. The second-order valence-corrected chi connectivity index (χ2v) is 5.81. The van der Waals surface area contributed by atoms with Gasteiger partial charge in [-0.1, -0.05) is 12.1 Å². The van der Waals surface area contributed by atoms with E-state index in [1.165, 1.54) is 0 Å². The zero-order valence-corrected chi connectivity index (χ0v) is 13.1. The number of nitrogens with one attached hydrogen (secondary N) is 1. The number of aromatic hydroxyl groups is 1. The van der Waals surface area contributed by atoms with Crippen molar-refractivity contribution in [2.45, 2.75) is 25.8 Å². The fourth-order valence-corrected chi connectivity index (χ4v) is 2.91. The quantitative estimate of drug-likeness (QED) is 0.729. The number of rotatable bonds is 6. The summed E-state index contributed by atoms with van der Waals surface area (Å²) in [5.41, 5.74) is 6.80. The average molecular weight is 293 g/mol. The summed E-state index contributed by atoms with van der Waals surface area (Å²) in [5, 5.41) is 13.7. The molecule has 5 nitrogen and oxygen atoms in total. The molecule has 1 heterocycles. The molecule has 2 rings (SSSR count). The van der Waals surface area contributed by atoms with Gasteiger partial charge in [0, 0.05) is 38.3 Å². The van der Waals surface area contributed by atoms with E-state index in [2.05, 4.69) is 17.1 Å². The predicted molar refractivity (Wildman–Crippen MR) is 84.9 cm³/mol. The van der Waals surface area contributed by atoms with E-state index in [-0.39, 0.29) is 11.3 Å². The molecular formula is C16H27N3O2. The Kier molecular flexibility index (Phi) is 5.45. The molecule has 0 spiro atoms. The molecule has 0 aliphatic carbocycles. The summed E-state index contributed by atoms with van der Waals surface area (Å²) in [5.74, 6) is 0.795. The van der Waals surface area contributed by atoms with Crippen LogP contribution in [0.2, 0.25) is 0 Å². The number of para-hydroxylation sites is 1. The van der Waals surface area contributed by atoms with E-state index < -0.39 is 0 Å². The van der Waals surface area contributed by atoms with Crippen LogP contribution in [0.5, 0.6) is 11.5 Å². The van der Waals surface area contributed by atoms with Crippen LogP contribution < -0.4 is 15.8 Å². The van der Waals surface area contributed by atoms with Crippen LogP contribution in [0, 0.1) is 0 Å². The van der Waals surface area contributed by atoms with E-state index in [4.69, 9.17) is 10.5 Å². The Hall–Kier alpha value is -1.30. The van der Waals surface area contributed by atoms with Crippen molar-refractivity contribution in [3.63, 3.8) is 0 Å². The largest absolute Gasteiger partial charge is 0.504 e. The lowest BCUT2D eigenvalue weighted by Gasteiger charge is -2.43. The SMILES string of the molecule is CCOc1cccc(CC(C)(CN)N2CCNCC2)c1O. The molecule has 0 amide bonds. The van der Waals surface area contributed by atoms with E-state index in [9.17, 15) is 5.11 Å². The summed E-state index contributed by atoms with van der Waals surface area (Å²) in [7, 11) is 0. The van der Waals surface area contributed by atoms with Crippen LogP contribution in [-0.2, 0) is 6.42 Å². The number of phenols is 1. The summed E-state index contributed by atoms with van der Waals surface area (Å²) in [6.07, 6.45) is 0.718. The van der Waals surface area contributed by atoms with Gasteiger partial charge in [0.25, 0.3) is 0 Å². The minimum absolute atomic E-state index is 0.148. The zero-order chi connectivity index (χ0) is 15.3. The van der Waals surface area contributed by atoms with Crippen molar-refractivity contribution in [3.8, 4) is 11.5 Å². The van der Waals surface area contributed by atoms with Gasteiger partial charge < -0.3 is 20.9 Å². The maximum absolute atomic E-state index is 10.4.